The van der Waals surface area contributed by atoms with Gasteiger partial charge in [-0.05, 0) is 0 Å². The first-order valence-electron chi connectivity index (χ1n) is 7.57. The molecular weight excluding hydrogens is 256 g/mol. The molecule has 3 atom stereocenters. The average molecular weight is 281 g/mol. The van der Waals surface area contributed by atoms with Crippen LogP contribution >= 0.6 is 0 Å². The van der Waals surface area contributed by atoms with Crippen molar-refractivity contribution < 1.29 is 37.4 Å². The van der Waals surface area contributed by atoms with Crippen molar-refractivity contribution >= 4 is 11.9 Å². The number of methoxy groups -OCH3 is 3. The molecule has 0 saturated heterocycles. The first kappa shape index (κ1) is 12.8. The summed E-state index contributed by atoms with van der Waals surface area (Å²) in [5, 5.41) is 0. The Morgan fingerprint density at radius 1 is 0.895 bits per heavy atom. The largest absolute Gasteiger partial charge is 0.463 e. The third-order valence-corrected chi connectivity index (χ3v) is 2.26. The minimum Gasteiger partial charge on any atom is -0.463 e. The predicted molar refractivity (Wildman–Crippen MR) is 65.7 cm³/mol. The molecule has 0 aromatic rings. The third-order valence-electron chi connectivity index (χ3n) is 2.26. The minimum atomic E-state index is -0.938. The summed E-state index contributed by atoms with van der Waals surface area (Å²) in [6, 6.07) is 0. The number of ether oxygens (including phenoxy) is 5. The topological polar surface area (TPSA) is 80.3 Å². The second-order valence-corrected chi connectivity index (χ2v) is 3.65. The monoisotopic (exact) mass is 281 g/mol. The summed E-state index contributed by atoms with van der Waals surface area (Å²) in [7, 11) is -1.30. The van der Waals surface area contributed by atoms with E-state index in [-0.39, 0.29) is 13.2 Å². The Balaban J connectivity index is 4.99. The van der Waals surface area contributed by atoms with Gasteiger partial charge < -0.3 is 23.7 Å². The zero-order chi connectivity index (χ0) is 17.0. The maximum atomic E-state index is 10.9. The zero-order valence-electron chi connectivity index (χ0n) is 14.1. The highest BCUT2D eigenvalue weighted by molar-refractivity contribution is 5.66. The molecule has 1 unspecified atom stereocenters. The molecule has 0 N–H and O–H groups in total. The van der Waals surface area contributed by atoms with E-state index < -0.39 is 51.5 Å². The zero-order valence-corrected chi connectivity index (χ0v) is 11.1. The molecular formula is C12H22O7. The normalized spacial score (nSPS) is 17.5. The Morgan fingerprint density at radius 3 is 1.63 bits per heavy atom. The molecule has 0 aliphatic carbocycles. The van der Waals surface area contributed by atoms with Crippen molar-refractivity contribution in [2.24, 2.45) is 0 Å². The van der Waals surface area contributed by atoms with Crippen molar-refractivity contribution in [2.45, 2.75) is 32.2 Å². The van der Waals surface area contributed by atoms with Gasteiger partial charge in [0.25, 0.3) is 0 Å². The van der Waals surface area contributed by atoms with Crippen LogP contribution in [0.3, 0.4) is 0 Å². The summed E-state index contributed by atoms with van der Waals surface area (Å²) in [6.45, 7) is 2.01. The van der Waals surface area contributed by atoms with Gasteiger partial charge in [-0.3, -0.25) is 9.59 Å². The quantitative estimate of drug-likeness (QED) is 0.557. The fourth-order valence-electron chi connectivity index (χ4n) is 1.33. The Bertz CT molecular complexity index is 302. The van der Waals surface area contributed by atoms with Crippen molar-refractivity contribution in [3.8, 4) is 0 Å². The summed E-state index contributed by atoms with van der Waals surface area (Å²) in [6.07, 6.45) is -2.72. The van der Waals surface area contributed by atoms with Gasteiger partial charge in [0.2, 0.25) is 0 Å². The molecule has 0 heterocycles. The van der Waals surface area contributed by atoms with Crippen LogP contribution in [-0.2, 0) is 33.3 Å². The van der Waals surface area contributed by atoms with Gasteiger partial charge in [0, 0.05) is 35.1 Å². The molecule has 0 saturated carbocycles. The molecule has 7 heteroatoms. The standard InChI is InChI=1S/C12H22O7/c1-8(13)18-6-10(15-3)12(17-5)11(16-4)7-19-9(2)14/h10-12H,6-7H2,1-5H3/t10-,11+,12?/i3D,4D,5D. The van der Waals surface area contributed by atoms with Crippen LogP contribution in [0.2, 0.25) is 0 Å². The fraction of sp³-hybridized carbons (Fsp3) is 0.833. The van der Waals surface area contributed by atoms with Crippen molar-refractivity contribution in [3.63, 3.8) is 0 Å². The first-order chi connectivity index (χ1) is 10.5. The lowest BCUT2D eigenvalue weighted by atomic mass is 10.1. The van der Waals surface area contributed by atoms with E-state index in [2.05, 4.69) is 0 Å². The van der Waals surface area contributed by atoms with Crippen LogP contribution in [-0.4, -0.2) is 64.7 Å². The van der Waals surface area contributed by atoms with Crippen LogP contribution in [0.25, 0.3) is 0 Å². The van der Waals surface area contributed by atoms with Crippen LogP contribution in [0.4, 0.5) is 0 Å². The molecule has 0 aliphatic heterocycles. The molecule has 0 rings (SSSR count). The predicted octanol–water partition coefficient (Wildman–Crippen LogP) is 0.158. The second-order valence-electron chi connectivity index (χ2n) is 3.65. The van der Waals surface area contributed by atoms with E-state index in [0.29, 0.717) is 0 Å². The van der Waals surface area contributed by atoms with Crippen LogP contribution < -0.4 is 0 Å². The van der Waals surface area contributed by atoms with Gasteiger partial charge in [-0.25, -0.2) is 0 Å². The van der Waals surface area contributed by atoms with Gasteiger partial charge >= 0.3 is 11.9 Å². The van der Waals surface area contributed by atoms with Gasteiger partial charge in [-0.2, -0.15) is 0 Å². The van der Waals surface area contributed by atoms with Crippen molar-refractivity contribution in [2.75, 3.05) is 34.5 Å². The highest BCUT2D eigenvalue weighted by atomic mass is 16.6. The minimum absolute atomic E-state index is 0.211. The number of carbonyl (C=O) groups is 2. The summed E-state index contributed by atoms with van der Waals surface area (Å²) in [5.41, 5.74) is 0. The first-order valence-corrected chi connectivity index (χ1v) is 5.45. The number of hydrogen-bond acceptors (Lipinski definition) is 7. The van der Waals surface area contributed by atoms with E-state index in [1.165, 1.54) is 13.8 Å². The lowest BCUT2D eigenvalue weighted by Crippen LogP contribution is -2.46. The van der Waals surface area contributed by atoms with Gasteiger partial charge in [0.15, 0.2) is 0 Å². The molecule has 19 heavy (non-hydrogen) atoms. The lowest BCUT2D eigenvalue weighted by molar-refractivity contribution is -0.164. The van der Waals surface area contributed by atoms with Gasteiger partial charge in [-0.15, -0.1) is 0 Å². The van der Waals surface area contributed by atoms with Crippen LogP contribution in [0.5, 0.6) is 0 Å². The molecule has 0 aliphatic rings. The van der Waals surface area contributed by atoms with E-state index in [0.717, 1.165) is 0 Å². The van der Waals surface area contributed by atoms with E-state index in [1.807, 2.05) is 0 Å². The number of carbonyl (C=O) groups excluding carboxylic acids is 2. The smallest absolute Gasteiger partial charge is 0.302 e. The van der Waals surface area contributed by atoms with E-state index >= 15 is 0 Å². The van der Waals surface area contributed by atoms with Crippen molar-refractivity contribution in [1.29, 1.82) is 0 Å². The summed E-state index contributed by atoms with van der Waals surface area (Å²) >= 11 is 0. The number of rotatable bonds is 9. The second kappa shape index (κ2) is 9.71. The summed E-state index contributed by atoms with van der Waals surface area (Å²) in [5.74, 6) is -1.08. The van der Waals surface area contributed by atoms with Crippen LogP contribution in [0, 0.1) is 0 Å². The highest BCUT2D eigenvalue weighted by Gasteiger charge is 2.31. The molecule has 7 nitrogen and oxygen atoms in total. The van der Waals surface area contributed by atoms with Crippen LogP contribution in [0.15, 0.2) is 0 Å². The molecule has 0 aromatic carbocycles. The molecule has 0 bridgehead atoms. The summed E-state index contributed by atoms with van der Waals surface area (Å²) in [4.78, 5) is 21.8. The fourth-order valence-corrected chi connectivity index (χ4v) is 1.33. The third kappa shape index (κ3) is 7.09. The number of hydrogen-bond donors (Lipinski definition) is 0. The highest BCUT2D eigenvalue weighted by Crippen LogP contribution is 2.12. The molecule has 0 aromatic heterocycles. The lowest BCUT2D eigenvalue weighted by Gasteiger charge is -2.30. The Hall–Kier alpha value is -1.18. The van der Waals surface area contributed by atoms with Crippen molar-refractivity contribution in [3.05, 3.63) is 0 Å². The molecule has 0 radical (unpaired) electrons. The number of esters is 2. The van der Waals surface area contributed by atoms with E-state index in [4.69, 9.17) is 27.8 Å². The molecule has 0 amide bonds. The van der Waals surface area contributed by atoms with Gasteiger partial charge in [-0.1, -0.05) is 0 Å². The van der Waals surface area contributed by atoms with Crippen LogP contribution in [0.1, 0.15) is 18.0 Å². The Kier molecular flexibility index (Phi) is 6.56. The average Bonchev–Trinajstić information content (AvgIpc) is 2.45. The molecule has 0 spiro atoms. The maximum absolute atomic E-state index is 10.9. The van der Waals surface area contributed by atoms with E-state index in [9.17, 15) is 9.59 Å². The molecule has 112 valence electrons. The van der Waals surface area contributed by atoms with Gasteiger partial charge in [0.1, 0.15) is 31.5 Å². The van der Waals surface area contributed by atoms with Crippen molar-refractivity contribution in [1.82, 2.24) is 0 Å². The Labute approximate surface area is 117 Å². The van der Waals surface area contributed by atoms with Gasteiger partial charge in [0.05, 0.1) is 4.11 Å². The van der Waals surface area contributed by atoms with E-state index in [1.54, 1.807) is 0 Å². The SMILES string of the molecule is [2H]COC([C@H](COC(C)=O)OC[2H])[C@@H](COC(C)=O)OC[2H]. The molecule has 0 fully saturated rings. The maximum Gasteiger partial charge on any atom is 0.302 e. The summed E-state index contributed by atoms with van der Waals surface area (Å²) < 4.78 is 46.6. The Morgan fingerprint density at radius 2 is 1.32 bits per heavy atom.